The molecule has 2 saturated heterocycles. The normalized spacial score (nSPS) is 25.7. The van der Waals surface area contributed by atoms with Crippen molar-refractivity contribution in [3.05, 3.63) is 28.8 Å². The van der Waals surface area contributed by atoms with E-state index in [1.807, 2.05) is 24.4 Å². The molecule has 7 rings (SSSR count). The molecule has 0 spiro atoms. The van der Waals surface area contributed by atoms with Crippen molar-refractivity contribution in [3.8, 4) is 22.5 Å². The molecule has 4 fully saturated rings. The Morgan fingerprint density at radius 3 is 2.58 bits per heavy atom. The zero-order chi connectivity index (χ0) is 36.9. The summed E-state index contributed by atoms with van der Waals surface area (Å²) in [6, 6.07) is 2.39. The van der Waals surface area contributed by atoms with Crippen LogP contribution < -0.4 is 19.5 Å². The second-order valence-corrected chi connectivity index (χ2v) is 17.8. The fourth-order valence-electron chi connectivity index (χ4n) is 7.41. The molecule has 2 aliphatic carbocycles. The van der Waals surface area contributed by atoms with Gasteiger partial charge in [0.2, 0.25) is 21.8 Å². The van der Waals surface area contributed by atoms with Gasteiger partial charge in [-0.3, -0.25) is 14.3 Å². The van der Waals surface area contributed by atoms with Gasteiger partial charge in [-0.25, -0.2) is 23.2 Å². The number of carbonyl (C=O) groups excluding carboxylic acids is 3. The van der Waals surface area contributed by atoms with Crippen LogP contribution in [-0.4, -0.2) is 101 Å². The molecule has 4 heterocycles. The Balaban J connectivity index is 1.20. The van der Waals surface area contributed by atoms with E-state index >= 15 is 0 Å². The van der Waals surface area contributed by atoms with Crippen molar-refractivity contribution >= 4 is 50.1 Å². The predicted octanol–water partition coefficient (Wildman–Crippen LogP) is 4.51. The van der Waals surface area contributed by atoms with Gasteiger partial charge in [-0.2, -0.15) is 4.98 Å². The Hall–Kier alpha value is -4.05. The summed E-state index contributed by atoms with van der Waals surface area (Å²) in [5.41, 5.74) is 1.03. The largest absolute Gasteiger partial charge is 0.496 e. The Kier molecular flexibility index (Phi) is 9.82. The Labute approximate surface area is 308 Å². The molecule has 0 bridgehead atoms. The summed E-state index contributed by atoms with van der Waals surface area (Å²) < 4.78 is 40.1. The van der Waals surface area contributed by atoms with E-state index in [2.05, 4.69) is 23.9 Å². The number of nitrogens with zero attached hydrogens (tertiary/aromatic N) is 5. The molecule has 4 amide bonds. The van der Waals surface area contributed by atoms with Crippen LogP contribution in [0.1, 0.15) is 88.8 Å². The number of nitrogens with one attached hydrogen (secondary N) is 2. The van der Waals surface area contributed by atoms with Crippen LogP contribution in [0.5, 0.6) is 11.6 Å². The number of rotatable bonds is 8. The van der Waals surface area contributed by atoms with E-state index in [0.717, 1.165) is 36.9 Å². The van der Waals surface area contributed by atoms with Crippen molar-refractivity contribution in [3.63, 3.8) is 0 Å². The van der Waals surface area contributed by atoms with Gasteiger partial charge in [-0.05, 0) is 63.0 Å². The maximum absolute atomic E-state index is 14.2. The van der Waals surface area contributed by atoms with Gasteiger partial charge in [0.25, 0.3) is 5.91 Å². The lowest BCUT2D eigenvalue weighted by molar-refractivity contribution is -0.131. The number of thiazole rings is 1. The maximum atomic E-state index is 14.2. The van der Waals surface area contributed by atoms with Crippen molar-refractivity contribution in [1.82, 2.24) is 34.8 Å². The second kappa shape index (κ2) is 14.1. The number of ether oxygens (including phenoxy) is 2. The van der Waals surface area contributed by atoms with E-state index in [-0.39, 0.29) is 30.8 Å². The fourth-order valence-corrected chi connectivity index (χ4v) is 9.68. The molecule has 3 aromatic rings. The van der Waals surface area contributed by atoms with Gasteiger partial charge in [0, 0.05) is 31.0 Å². The van der Waals surface area contributed by atoms with Crippen LogP contribution in [0.2, 0.25) is 0 Å². The first-order valence-corrected chi connectivity index (χ1v) is 20.6. The lowest BCUT2D eigenvalue weighted by Gasteiger charge is -2.30. The zero-order valence-electron chi connectivity index (χ0n) is 30.3. The molecule has 1 aromatic carbocycles. The van der Waals surface area contributed by atoms with Crippen LogP contribution in [0.3, 0.4) is 0 Å². The average molecular weight is 754 g/mol. The van der Waals surface area contributed by atoms with Gasteiger partial charge in [0.1, 0.15) is 23.4 Å². The third kappa shape index (κ3) is 7.03. The smallest absolute Gasteiger partial charge is 0.320 e. The average Bonchev–Trinajstić information content (AvgIpc) is 3.98. The third-order valence-electron chi connectivity index (χ3n) is 10.8. The highest BCUT2D eigenvalue weighted by Gasteiger charge is 2.62. The Morgan fingerprint density at radius 2 is 1.87 bits per heavy atom. The van der Waals surface area contributed by atoms with Gasteiger partial charge in [-0.1, -0.05) is 33.1 Å². The number of methoxy groups -OCH3 is 1. The summed E-state index contributed by atoms with van der Waals surface area (Å²) in [6.07, 6.45) is 5.03. The van der Waals surface area contributed by atoms with Crippen LogP contribution in [0, 0.1) is 12.8 Å². The standard InChI is InChI=1S/C36H47N7O7S2/c1-20(2)26-19-51-33(37-26)30-38-29-21(3)28(49-5)14-13-25(29)32(39-30)50-23-16-27-31(44)40-36(34(45)41-52(47,48)24-11-12-24)17-22(36)10-8-6-7-9-15-42(4)35(46)43(27)18-23/h13-14,19-20,22-24,27H,6-12,15-18H2,1-5H3,(H,40,44)(H,41,45)/t22-,23?,27+,36?/m1/s1. The monoisotopic (exact) mass is 753 g/mol. The minimum Gasteiger partial charge on any atom is -0.496 e. The van der Waals surface area contributed by atoms with Crippen molar-refractivity contribution in [2.45, 2.75) is 107 Å². The molecule has 2 saturated carbocycles. The number of aromatic nitrogens is 3. The number of hydrogen-bond donors (Lipinski definition) is 2. The number of aryl methyl sites for hydroxylation is 1. The van der Waals surface area contributed by atoms with E-state index in [1.54, 1.807) is 19.1 Å². The first kappa shape index (κ1) is 36.3. The summed E-state index contributed by atoms with van der Waals surface area (Å²) in [5.74, 6) is 0.185. The van der Waals surface area contributed by atoms with Gasteiger partial charge < -0.3 is 24.6 Å². The topological polar surface area (TPSA) is 173 Å². The number of carbonyl (C=O) groups is 3. The lowest BCUT2D eigenvalue weighted by Crippen LogP contribution is -2.57. The highest BCUT2D eigenvalue weighted by atomic mass is 32.2. The van der Waals surface area contributed by atoms with Crippen molar-refractivity contribution in [1.29, 1.82) is 0 Å². The van der Waals surface area contributed by atoms with E-state index in [9.17, 15) is 22.8 Å². The quantitative estimate of drug-likeness (QED) is 0.333. The number of hydrogen-bond acceptors (Lipinski definition) is 11. The van der Waals surface area contributed by atoms with E-state index in [1.165, 1.54) is 16.2 Å². The molecule has 2 unspecified atom stereocenters. The lowest BCUT2D eigenvalue weighted by atomic mass is 10.0. The molecule has 2 aliphatic heterocycles. The van der Waals surface area contributed by atoms with E-state index in [0.29, 0.717) is 65.6 Å². The van der Waals surface area contributed by atoms with Crippen molar-refractivity contribution in [2.75, 3.05) is 27.2 Å². The van der Waals surface area contributed by atoms with Gasteiger partial charge in [0.15, 0.2) is 10.8 Å². The van der Waals surface area contributed by atoms with Gasteiger partial charge in [0.05, 0.1) is 35.5 Å². The number of sulfonamides is 1. The summed E-state index contributed by atoms with van der Waals surface area (Å²) in [7, 11) is -0.492. The second-order valence-electron chi connectivity index (χ2n) is 15.0. The molecule has 2 N–H and O–H groups in total. The van der Waals surface area contributed by atoms with E-state index < -0.39 is 44.8 Å². The van der Waals surface area contributed by atoms with Crippen molar-refractivity contribution < 1.29 is 32.3 Å². The number of fused-ring (bicyclic) bond motifs is 3. The first-order valence-electron chi connectivity index (χ1n) is 18.2. The molecule has 52 heavy (non-hydrogen) atoms. The molecule has 0 radical (unpaired) electrons. The number of benzene rings is 1. The third-order valence-corrected chi connectivity index (χ3v) is 13.5. The van der Waals surface area contributed by atoms with Crippen LogP contribution in [-0.2, 0) is 19.6 Å². The van der Waals surface area contributed by atoms with Gasteiger partial charge >= 0.3 is 6.03 Å². The van der Waals surface area contributed by atoms with E-state index in [4.69, 9.17) is 24.4 Å². The SMILES string of the molecule is COc1ccc2c(OC3C[C@H]4C(=O)NC5(C(=O)NS(=O)(=O)C6CC6)C[C@H]5CCCCCCN(C)C(=O)N4C3)nc(-c3nc(C(C)C)cs3)nc2c1C. The Morgan fingerprint density at radius 1 is 1.10 bits per heavy atom. The van der Waals surface area contributed by atoms with Crippen LogP contribution in [0.15, 0.2) is 17.5 Å². The molecular weight excluding hydrogens is 707 g/mol. The molecule has 16 heteroatoms. The fraction of sp³-hybridized carbons (Fsp3) is 0.611. The summed E-state index contributed by atoms with van der Waals surface area (Å²) in [5, 5.41) is 5.66. The molecule has 4 atom stereocenters. The minimum atomic E-state index is -3.82. The van der Waals surface area contributed by atoms with Gasteiger partial charge in [-0.15, -0.1) is 11.3 Å². The zero-order valence-corrected chi connectivity index (χ0v) is 31.9. The molecule has 14 nitrogen and oxygen atoms in total. The molecule has 280 valence electrons. The highest BCUT2D eigenvalue weighted by Crippen LogP contribution is 2.48. The molecular formula is C36H47N7O7S2. The number of urea groups is 1. The van der Waals surface area contributed by atoms with Crippen LogP contribution in [0.25, 0.3) is 21.7 Å². The van der Waals surface area contributed by atoms with Crippen molar-refractivity contribution in [2.24, 2.45) is 5.92 Å². The molecule has 2 aromatic heterocycles. The summed E-state index contributed by atoms with van der Waals surface area (Å²) in [4.78, 5) is 59.5. The Bertz CT molecular complexity index is 2000. The van der Waals surface area contributed by atoms with Crippen LogP contribution >= 0.6 is 11.3 Å². The van der Waals surface area contributed by atoms with Crippen LogP contribution in [0.4, 0.5) is 4.79 Å². The minimum absolute atomic E-state index is 0.102. The highest BCUT2D eigenvalue weighted by molar-refractivity contribution is 7.91. The summed E-state index contributed by atoms with van der Waals surface area (Å²) >= 11 is 1.45. The summed E-state index contributed by atoms with van der Waals surface area (Å²) in [6.45, 7) is 6.70. The molecule has 4 aliphatic rings. The number of amides is 4. The maximum Gasteiger partial charge on any atom is 0.320 e. The predicted molar refractivity (Wildman–Crippen MR) is 196 cm³/mol. The first-order chi connectivity index (χ1) is 24.8.